The number of benzene rings is 1. The molecule has 5 N–H and O–H groups in total. The van der Waals surface area contributed by atoms with Crippen LogP contribution in [0, 0.1) is 0 Å². The molecule has 0 amide bonds. The minimum atomic E-state index is -1.19. The Morgan fingerprint density at radius 3 is 2.36 bits per heavy atom. The molecule has 0 saturated heterocycles. The van der Waals surface area contributed by atoms with Crippen LogP contribution >= 0.6 is 0 Å². The zero-order valence-corrected chi connectivity index (χ0v) is 11.3. The van der Waals surface area contributed by atoms with Crippen molar-refractivity contribution in [2.24, 2.45) is 5.73 Å². The number of allylic oxidation sites excluding steroid dienone is 3. The summed E-state index contributed by atoms with van der Waals surface area (Å²) in [5.41, 5.74) is 5.52. The Morgan fingerprint density at radius 1 is 1.05 bits per heavy atom. The highest BCUT2D eigenvalue weighted by Crippen LogP contribution is 2.32. The van der Waals surface area contributed by atoms with Crippen LogP contribution in [-0.2, 0) is 20.8 Å². The number of hydrogen-bond acceptors (Lipinski definition) is 7. The number of hydrogen-bond donors (Lipinski definition) is 4. The lowest BCUT2D eigenvalue weighted by Gasteiger charge is -2.14. The van der Waals surface area contributed by atoms with Crippen molar-refractivity contribution in [3.05, 3.63) is 41.5 Å². The van der Waals surface area contributed by atoms with E-state index in [1.54, 1.807) is 0 Å². The maximum absolute atomic E-state index is 12.1. The van der Waals surface area contributed by atoms with E-state index in [-0.39, 0.29) is 23.3 Å². The number of ketones is 3. The first kappa shape index (κ1) is 15.5. The fourth-order valence-corrected chi connectivity index (χ4v) is 2.00. The summed E-state index contributed by atoms with van der Waals surface area (Å²) < 4.78 is 0. The highest BCUT2D eigenvalue weighted by atomic mass is 16.3. The lowest BCUT2D eigenvalue weighted by molar-refractivity contribution is -0.121. The summed E-state index contributed by atoms with van der Waals surface area (Å²) in [7, 11) is 0. The van der Waals surface area contributed by atoms with Crippen LogP contribution in [-0.4, -0.2) is 38.7 Å². The Bertz CT molecular complexity index is 732. The Balaban J connectivity index is 2.21. The van der Waals surface area contributed by atoms with Gasteiger partial charge < -0.3 is 21.1 Å². The zero-order valence-electron chi connectivity index (χ0n) is 11.3. The monoisotopic (exact) mass is 303 g/mol. The third-order valence-corrected chi connectivity index (χ3v) is 3.17. The first-order chi connectivity index (χ1) is 10.3. The molecular weight excluding hydrogens is 290 g/mol. The molecule has 114 valence electrons. The molecule has 0 radical (unpaired) electrons. The van der Waals surface area contributed by atoms with E-state index in [1.807, 2.05) is 0 Å². The van der Waals surface area contributed by atoms with Crippen LogP contribution in [0.5, 0.6) is 17.2 Å². The summed E-state index contributed by atoms with van der Waals surface area (Å²) >= 11 is 0. The second-order valence-electron chi connectivity index (χ2n) is 4.80. The van der Waals surface area contributed by atoms with Gasteiger partial charge in [0, 0.05) is 12.1 Å². The molecule has 0 fully saturated rings. The number of carbonyl (C=O) groups is 3. The molecule has 1 aromatic rings. The van der Waals surface area contributed by atoms with Crippen molar-refractivity contribution in [1.29, 1.82) is 0 Å². The van der Waals surface area contributed by atoms with Crippen molar-refractivity contribution in [2.75, 3.05) is 0 Å². The molecule has 7 nitrogen and oxygen atoms in total. The third kappa shape index (κ3) is 3.04. The molecule has 0 spiro atoms. The molecule has 1 atom stereocenters. The average molecular weight is 303 g/mol. The van der Waals surface area contributed by atoms with E-state index in [2.05, 4.69) is 0 Å². The van der Waals surface area contributed by atoms with Gasteiger partial charge in [0.25, 0.3) is 0 Å². The zero-order chi connectivity index (χ0) is 16.4. The van der Waals surface area contributed by atoms with Gasteiger partial charge in [-0.2, -0.15) is 0 Å². The molecule has 0 aliphatic heterocycles. The molecule has 1 aliphatic carbocycles. The highest BCUT2D eigenvalue weighted by Gasteiger charge is 2.26. The summed E-state index contributed by atoms with van der Waals surface area (Å²) in [4.78, 5) is 35.0. The van der Waals surface area contributed by atoms with Crippen molar-refractivity contribution < 1.29 is 29.7 Å². The standard InChI is InChI=1S/C15H13NO6/c16-10(3-7-4-13(20)14(21)6-12(7)19)15(22)9-5-8(17)1-2-11(9)18/h1-2,4-6,10,19-21H,3,16H2. The number of carbonyl (C=O) groups excluding carboxylic acids is 3. The third-order valence-electron chi connectivity index (χ3n) is 3.17. The van der Waals surface area contributed by atoms with Gasteiger partial charge in [0.05, 0.1) is 11.6 Å². The second kappa shape index (κ2) is 5.82. The number of Topliss-reactive ketones (excluding diaryl/α,β-unsaturated/α-hetero) is 1. The molecule has 7 heteroatoms. The predicted octanol–water partition coefficient (Wildman–Crippen LogP) is -0.123. The molecule has 1 aliphatic rings. The van der Waals surface area contributed by atoms with Crippen LogP contribution in [0.25, 0.3) is 0 Å². The Kier molecular flexibility index (Phi) is 4.09. The maximum Gasteiger partial charge on any atom is 0.189 e. The van der Waals surface area contributed by atoms with E-state index in [0.717, 1.165) is 30.4 Å². The lowest BCUT2D eigenvalue weighted by Crippen LogP contribution is -2.36. The van der Waals surface area contributed by atoms with E-state index in [1.165, 1.54) is 0 Å². The molecule has 0 aromatic heterocycles. The van der Waals surface area contributed by atoms with Gasteiger partial charge in [-0.05, 0) is 30.2 Å². The van der Waals surface area contributed by atoms with E-state index in [0.29, 0.717) is 0 Å². The van der Waals surface area contributed by atoms with Crippen LogP contribution in [0.15, 0.2) is 35.9 Å². The summed E-state index contributed by atoms with van der Waals surface area (Å²) in [6, 6.07) is 0.795. The van der Waals surface area contributed by atoms with Crippen molar-refractivity contribution in [2.45, 2.75) is 12.5 Å². The Hall–Kier alpha value is -2.93. The van der Waals surface area contributed by atoms with Crippen molar-refractivity contribution in [3.63, 3.8) is 0 Å². The SMILES string of the molecule is NC(Cc1cc(O)c(O)cc1O)C(=O)C1=CC(=O)C=CC1=O. The van der Waals surface area contributed by atoms with Gasteiger partial charge >= 0.3 is 0 Å². The number of nitrogens with two attached hydrogens (primary N) is 1. The van der Waals surface area contributed by atoms with Crippen LogP contribution in [0.4, 0.5) is 0 Å². The molecule has 1 aromatic carbocycles. The Labute approximate surface area is 125 Å². The first-order valence-electron chi connectivity index (χ1n) is 6.31. The molecule has 22 heavy (non-hydrogen) atoms. The fraction of sp³-hybridized carbons (Fsp3) is 0.133. The van der Waals surface area contributed by atoms with Crippen molar-refractivity contribution >= 4 is 17.3 Å². The molecule has 1 unspecified atom stereocenters. The quantitative estimate of drug-likeness (QED) is 0.263. The highest BCUT2D eigenvalue weighted by molar-refractivity contribution is 6.31. The minimum absolute atomic E-state index is 0.127. The summed E-state index contributed by atoms with van der Waals surface area (Å²) in [6.45, 7) is 0. The van der Waals surface area contributed by atoms with Crippen LogP contribution in [0.1, 0.15) is 5.56 Å². The predicted molar refractivity (Wildman–Crippen MR) is 75.4 cm³/mol. The number of phenols is 3. The molecule has 0 bridgehead atoms. The van der Waals surface area contributed by atoms with E-state index < -0.39 is 34.9 Å². The van der Waals surface area contributed by atoms with Crippen molar-refractivity contribution in [3.8, 4) is 17.2 Å². The normalized spacial score (nSPS) is 15.6. The van der Waals surface area contributed by atoms with Gasteiger partial charge in [0.1, 0.15) is 5.75 Å². The number of rotatable bonds is 4. The molecule has 0 heterocycles. The van der Waals surface area contributed by atoms with Gasteiger partial charge in [-0.15, -0.1) is 0 Å². The average Bonchev–Trinajstić information content (AvgIpc) is 2.46. The van der Waals surface area contributed by atoms with E-state index in [9.17, 15) is 29.7 Å². The second-order valence-corrected chi connectivity index (χ2v) is 4.80. The smallest absolute Gasteiger partial charge is 0.189 e. The number of aromatic hydroxyl groups is 3. The van der Waals surface area contributed by atoms with Gasteiger partial charge in [-0.3, -0.25) is 14.4 Å². The summed E-state index contributed by atoms with van der Waals surface area (Å²) in [5.74, 6) is -3.17. The first-order valence-corrected chi connectivity index (χ1v) is 6.31. The maximum atomic E-state index is 12.1. The Morgan fingerprint density at radius 2 is 1.68 bits per heavy atom. The van der Waals surface area contributed by atoms with Gasteiger partial charge in [0.15, 0.2) is 28.8 Å². The van der Waals surface area contributed by atoms with Gasteiger partial charge in [0.2, 0.25) is 0 Å². The fourth-order valence-electron chi connectivity index (χ4n) is 2.00. The molecular formula is C15H13NO6. The van der Waals surface area contributed by atoms with E-state index in [4.69, 9.17) is 5.73 Å². The van der Waals surface area contributed by atoms with Crippen LogP contribution in [0.3, 0.4) is 0 Å². The lowest BCUT2D eigenvalue weighted by atomic mass is 9.92. The van der Waals surface area contributed by atoms with Crippen LogP contribution in [0.2, 0.25) is 0 Å². The van der Waals surface area contributed by atoms with Gasteiger partial charge in [-0.25, -0.2) is 0 Å². The molecule has 2 rings (SSSR count). The largest absolute Gasteiger partial charge is 0.508 e. The molecule has 0 saturated carbocycles. The number of phenolic OH excluding ortho intramolecular Hbond substituents is 3. The summed E-state index contributed by atoms with van der Waals surface area (Å²) in [5, 5.41) is 28.3. The van der Waals surface area contributed by atoms with Gasteiger partial charge in [-0.1, -0.05) is 0 Å². The van der Waals surface area contributed by atoms with E-state index >= 15 is 0 Å². The topological polar surface area (TPSA) is 138 Å². The summed E-state index contributed by atoms with van der Waals surface area (Å²) in [6.07, 6.45) is 2.78. The van der Waals surface area contributed by atoms with Crippen molar-refractivity contribution in [1.82, 2.24) is 0 Å². The van der Waals surface area contributed by atoms with Crippen LogP contribution < -0.4 is 5.73 Å². The minimum Gasteiger partial charge on any atom is -0.508 e.